The summed E-state index contributed by atoms with van der Waals surface area (Å²) in [5.74, 6) is 2.10. The van der Waals surface area contributed by atoms with Crippen LogP contribution in [0, 0.1) is 11.8 Å². The number of nitrogens with zero attached hydrogens (tertiary/aromatic N) is 3. The highest BCUT2D eigenvalue weighted by atomic mass is 16.5. The third-order valence-electron chi connectivity index (χ3n) is 7.05. The number of carbonyl (C=O) groups excluding carboxylic acids is 2. The first-order chi connectivity index (χ1) is 19.4. The Morgan fingerprint density at radius 1 is 1.07 bits per heavy atom. The van der Waals surface area contributed by atoms with Gasteiger partial charge in [-0.15, -0.1) is 0 Å². The number of benzene rings is 2. The Balaban J connectivity index is 1.34. The van der Waals surface area contributed by atoms with Gasteiger partial charge in [-0.3, -0.25) is 14.3 Å². The van der Waals surface area contributed by atoms with Gasteiger partial charge in [0.15, 0.2) is 5.82 Å². The minimum Gasteiger partial charge on any atom is -0.488 e. The number of aryl methyl sites for hydroxylation is 1. The molecular formula is C30H36N4O6. The Morgan fingerprint density at radius 2 is 1.80 bits per heavy atom. The van der Waals surface area contributed by atoms with E-state index in [1.165, 1.54) is 0 Å². The van der Waals surface area contributed by atoms with Crippen LogP contribution in [0.5, 0.6) is 17.2 Å². The highest BCUT2D eigenvalue weighted by molar-refractivity contribution is 6.04. The molecule has 2 heterocycles. The number of carbonyl (C=O) groups is 2. The van der Waals surface area contributed by atoms with Crippen molar-refractivity contribution in [3.05, 3.63) is 60.3 Å². The van der Waals surface area contributed by atoms with E-state index in [9.17, 15) is 14.7 Å². The van der Waals surface area contributed by atoms with Crippen LogP contribution in [0.2, 0.25) is 0 Å². The standard InChI is InChI=1S/C30H36N4O6/c1-20(19-35)39-26-15-23(29(36)31-28-9-12-33(2)32-28)16-27(17-26)40-25-7-5-24(6-8-25)34(18-21-3-4-21)30(37)22-10-13-38-14-11-22/h5-9,12,15-17,20-22,35H,3-4,10-11,13-14,18-19H2,1-2H3,(H,31,32,36)/t20-/m0/s1. The van der Waals surface area contributed by atoms with Gasteiger partial charge in [0.05, 0.1) is 6.61 Å². The first-order valence-electron chi connectivity index (χ1n) is 13.8. The number of nitrogens with one attached hydrogen (secondary N) is 1. The minimum absolute atomic E-state index is 0.0110. The first kappa shape index (κ1) is 27.7. The maximum Gasteiger partial charge on any atom is 0.257 e. The summed E-state index contributed by atoms with van der Waals surface area (Å²) < 4.78 is 19.0. The van der Waals surface area contributed by atoms with Gasteiger partial charge in [0.2, 0.25) is 5.91 Å². The van der Waals surface area contributed by atoms with Crippen LogP contribution in [0.4, 0.5) is 11.5 Å². The monoisotopic (exact) mass is 548 g/mol. The molecule has 2 aliphatic rings. The minimum atomic E-state index is -0.466. The summed E-state index contributed by atoms with van der Waals surface area (Å²) in [5.41, 5.74) is 1.16. The zero-order valence-electron chi connectivity index (χ0n) is 22.9. The molecule has 1 saturated carbocycles. The lowest BCUT2D eigenvalue weighted by Gasteiger charge is -2.29. The molecule has 2 amide bonds. The lowest BCUT2D eigenvalue weighted by Crippen LogP contribution is -2.39. The van der Waals surface area contributed by atoms with Crippen LogP contribution >= 0.6 is 0 Å². The molecular weight excluding hydrogens is 512 g/mol. The van der Waals surface area contributed by atoms with E-state index < -0.39 is 6.10 Å². The molecule has 10 heteroatoms. The van der Waals surface area contributed by atoms with Crippen molar-refractivity contribution in [1.82, 2.24) is 9.78 Å². The predicted octanol–water partition coefficient (Wildman–Crippen LogP) is 4.39. The molecule has 10 nitrogen and oxygen atoms in total. The van der Waals surface area contributed by atoms with Crippen molar-refractivity contribution in [2.75, 3.05) is 36.6 Å². The molecule has 1 atom stereocenters. The molecule has 0 radical (unpaired) electrons. The summed E-state index contributed by atoms with van der Waals surface area (Å²) in [6.07, 6.45) is 5.09. The number of hydrogen-bond donors (Lipinski definition) is 2. The molecule has 0 bridgehead atoms. The van der Waals surface area contributed by atoms with Crippen molar-refractivity contribution >= 4 is 23.3 Å². The Labute approximate surface area is 233 Å². The largest absolute Gasteiger partial charge is 0.488 e. The molecule has 0 unspecified atom stereocenters. The SMILES string of the molecule is C[C@@H](CO)Oc1cc(Oc2ccc(N(CC3CC3)C(=O)C3CCOCC3)cc2)cc(C(=O)Nc2ccn(C)n2)c1. The molecule has 1 saturated heterocycles. The van der Waals surface area contributed by atoms with Gasteiger partial charge in [0.1, 0.15) is 23.4 Å². The number of ether oxygens (including phenoxy) is 3. The maximum atomic E-state index is 13.4. The lowest BCUT2D eigenvalue weighted by molar-refractivity contribution is -0.125. The molecule has 212 valence electrons. The van der Waals surface area contributed by atoms with Crippen LogP contribution in [-0.4, -0.2) is 59.2 Å². The van der Waals surface area contributed by atoms with Crippen LogP contribution in [0.25, 0.3) is 0 Å². The van der Waals surface area contributed by atoms with Gasteiger partial charge < -0.3 is 29.5 Å². The van der Waals surface area contributed by atoms with Gasteiger partial charge in [0.25, 0.3) is 5.91 Å². The van der Waals surface area contributed by atoms with Gasteiger partial charge in [-0.1, -0.05) is 0 Å². The van der Waals surface area contributed by atoms with E-state index >= 15 is 0 Å². The van der Waals surface area contributed by atoms with E-state index in [0.717, 1.165) is 37.9 Å². The third kappa shape index (κ3) is 7.19. The molecule has 1 aliphatic carbocycles. The fourth-order valence-electron chi connectivity index (χ4n) is 4.65. The molecule has 2 N–H and O–H groups in total. The molecule has 5 rings (SSSR count). The molecule has 1 aromatic heterocycles. The average molecular weight is 549 g/mol. The van der Waals surface area contributed by atoms with Crippen molar-refractivity contribution in [3.8, 4) is 17.2 Å². The Bertz CT molecular complexity index is 1310. The van der Waals surface area contributed by atoms with E-state index in [0.29, 0.717) is 47.8 Å². The molecule has 3 aromatic rings. The summed E-state index contributed by atoms with van der Waals surface area (Å²) in [4.78, 5) is 28.3. The fraction of sp³-hybridized carbons (Fsp3) is 0.433. The topological polar surface area (TPSA) is 115 Å². The van der Waals surface area contributed by atoms with Crippen LogP contribution in [0.15, 0.2) is 54.7 Å². The van der Waals surface area contributed by atoms with Crippen molar-refractivity contribution in [3.63, 3.8) is 0 Å². The van der Waals surface area contributed by atoms with Gasteiger partial charge in [-0.2, -0.15) is 5.10 Å². The number of aromatic nitrogens is 2. The number of anilines is 2. The summed E-state index contributed by atoms with van der Waals surface area (Å²) in [5, 5.41) is 16.4. The second-order valence-electron chi connectivity index (χ2n) is 10.5. The summed E-state index contributed by atoms with van der Waals surface area (Å²) in [6.45, 7) is 3.54. The van der Waals surface area contributed by atoms with Gasteiger partial charge in [-0.25, -0.2) is 0 Å². The van der Waals surface area contributed by atoms with Crippen molar-refractivity contribution in [2.24, 2.45) is 18.9 Å². The molecule has 1 aliphatic heterocycles. The van der Waals surface area contributed by atoms with E-state index in [2.05, 4.69) is 10.4 Å². The van der Waals surface area contributed by atoms with Crippen LogP contribution < -0.4 is 19.7 Å². The summed E-state index contributed by atoms with van der Waals surface area (Å²) in [6, 6.07) is 14.0. The van der Waals surface area contributed by atoms with Crippen LogP contribution in [-0.2, 0) is 16.6 Å². The Morgan fingerprint density at radius 3 is 2.45 bits per heavy atom. The third-order valence-corrected chi connectivity index (χ3v) is 7.05. The predicted molar refractivity (Wildman–Crippen MR) is 150 cm³/mol. The number of amides is 2. The highest BCUT2D eigenvalue weighted by Crippen LogP contribution is 2.34. The van der Waals surface area contributed by atoms with Crippen molar-refractivity contribution in [2.45, 2.75) is 38.7 Å². The Kier molecular flexibility index (Phi) is 8.66. The van der Waals surface area contributed by atoms with E-state index in [1.807, 2.05) is 29.2 Å². The van der Waals surface area contributed by atoms with Gasteiger partial charge >= 0.3 is 0 Å². The smallest absolute Gasteiger partial charge is 0.257 e. The van der Waals surface area contributed by atoms with E-state index in [-0.39, 0.29) is 24.3 Å². The number of aliphatic hydroxyl groups is 1. The van der Waals surface area contributed by atoms with Crippen molar-refractivity contribution < 1.29 is 28.9 Å². The van der Waals surface area contributed by atoms with Crippen molar-refractivity contribution in [1.29, 1.82) is 0 Å². The summed E-state index contributed by atoms with van der Waals surface area (Å²) >= 11 is 0. The second kappa shape index (κ2) is 12.5. The van der Waals surface area contributed by atoms with Gasteiger partial charge in [0, 0.05) is 62.3 Å². The zero-order valence-corrected chi connectivity index (χ0v) is 22.9. The van der Waals surface area contributed by atoms with Gasteiger partial charge in [-0.05, 0) is 74.9 Å². The fourth-order valence-corrected chi connectivity index (χ4v) is 4.65. The normalized spacial score (nSPS) is 16.3. The van der Waals surface area contributed by atoms with E-state index in [1.54, 1.807) is 49.1 Å². The Hall–Kier alpha value is -3.89. The molecule has 2 aromatic carbocycles. The first-order valence-corrected chi connectivity index (χ1v) is 13.8. The number of hydrogen-bond acceptors (Lipinski definition) is 7. The number of aliphatic hydroxyl groups excluding tert-OH is 1. The summed E-state index contributed by atoms with van der Waals surface area (Å²) in [7, 11) is 1.77. The molecule has 2 fully saturated rings. The quantitative estimate of drug-likeness (QED) is 0.365. The average Bonchev–Trinajstić information content (AvgIpc) is 3.70. The lowest BCUT2D eigenvalue weighted by atomic mass is 9.98. The highest BCUT2D eigenvalue weighted by Gasteiger charge is 2.32. The molecule has 0 spiro atoms. The van der Waals surface area contributed by atoms with E-state index in [4.69, 9.17) is 14.2 Å². The second-order valence-corrected chi connectivity index (χ2v) is 10.5. The molecule has 40 heavy (non-hydrogen) atoms. The maximum absolute atomic E-state index is 13.4. The van der Waals surface area contributed by atoms with Crippen LogP contribution in [0.1, 0.15) is 43.0 Å². The zero-order chi connectivity index (χ0) is 28.1. The van der Waals surface area contributed by atoms with Crippen LogP contribution in [0.3, 0.4) is 0 Å². The number of rotatable bonds is 11.